The number of nitrogens with one attached hydrogen (secondary N) is 2. The van der Waals surface area contributed by atoms with Crippen molar-refractivity contribution < 1.29 is 4.79 Å². The lowest BCUT2D eigenvalue weighted by molar-refractivity contribution is -0.135. The molecule has 2 heterocycles. The minimum atomic E-state index is 0.270. The monoisotopic (exact) mass is 405 g/mol. The van der Waals surface area contributed by atoms with E-state index in [0.717, 1.165) is 69.8 Å². The molecule has 1 saturated heterocycles. The zero-order valence-electron chi connectivity index (χ0n) is 17.4. The number of amides is 1. The molecule has 1 aromatic rings. The predicted molar refractivity (Wildman–Crippen MR) is 116 cm³/mol. The molecule has 0 spiro atoms. The highest BCUT2D eigenvalue weighted by Gasteiger charge is 2.31. The second-order valence-corrected chi connectivity index (χ2v) is 9.03. The smallest absolute Gasteiger partial charge is 0.225 e. The molecule has 6 nitrogen and oxygen atoms in total. The van der Waals surface area contributed by atoms with Crippen molar-refractivity contribution in [1.29, 1.82) is 0 Å². The van der Waals surface area contributed by atoms with Crippen molar-refractivity contribution in [2.75, 3.05) is 26.7 Å². The Morgan fingerprint density at radius 2 is 2.11 bits per heavy atom. The molecule has 0 radical (unpaired) electrons. The van der Waals surface area contributed by atoms with E-state index in [1.165, 1.54) is 24.3 Å². The van der Waals surface area contributed by atoms with Gasteiger partial charge in [-0.2, -0.15) is 0 Å². The van der Waals surface area contributed by atoms with Crippen molar-refractivity contribution in [2.24, 2.45) is 10.9 Å². The third-order valence-electron chi connectivity index (χ3n) is 5.80. The molecule has 2 aliphatic rings. The largest absolute Gasteiger partial charge is 0.356 e. The number of carbonyl (C=O) groups is 1. The average molecular weight is 406 g/mol. The van der Waals surface area contributed by atoms with Crippen molar-refractivity contribution >= 4 is 23.2 Å². The number of rotatable bonds is 7. The standard InChI is InChI=1S/C21H35N5OS/c1-16-15-28-19(24-16)10-6-7-12-23-21(22-2)25-18-11-13-26(14-18)20(27)17-8-4-3-5-9-17/h15,17-18H,3-14H2,1-2H3,(H2,22,23,25). The van der Waals surface area contributed by atoms with Gasteiger partial charge in [-0.3, -0.25) is 9.79 Å². The van der Waals surface area contributed by atoms with Crippen molar-refractivity contribution in [3.8, 4) is 0 Å². The van der Waals surface area contributed by atoms with Gasteiger partial charge in [-0.1, -0.05) is 19.3 Å². The summed E-state index contributed by atoms with van der Waals surface area (Å²) in [5, 5.41) is 10.3. The van der Waals surface area contributed by atoms with Gasteiger partial charge in [-0.15, -0.1) is 11.3 Å². The molecule has 0 bridgehead atoms. The Hall–Kier alpha value is -1.63. The quantitative estimate of drug-likeness (QED) is 0.415. The third-order valence-corrected chi connectivity index (χ3v) is 6.82. The van der Waals surface area contributed by atoms with Gasteiger partial charge >= 0.3 is 0 Å². The fourth-order valence-corrected chi connectivity index (χ4v) is 5.02. The predicted octanol–water partition coefficient (Wildman–Crippen LogP) is 3.12. The number of hydrogen-bond acceptors (Lipinski definition) is 4. The summed E-state index contributed by atoms with van der Waals surface area (Å²) in [5.41, 5.74) is 1.12. The van der Waals surface area contributed by atoms with E-state index in [1.54, 1.807) is 11.3 Å². The molecule has 0 aromatic carbocycles. The van der Waals surface area contributed by atoms with Crippen molar-refractivity contribution in [2.45, 2.75) is 70.8 Å². The molecule has 1 saturated carbocycles. The van der Waals surface area contributed by atoms with E-state index in [-0.39, 0.29) is 5.92 Å². The molecule has 156 valence electrons. The van der Waals surface area contributed by atoms with E-state index in [0.29, 0.717) is 11.9 Å². The van der Waals surface area contributed by atoms with Crippen LogP contribution in [0.1, 0.15) is 62.1 Å². The molecular formula is C21H35N5OS. The van der Waals surface area contributed by atoms with Crippen LogP contribution in [-0.4, -0.2) is 54.5 Å². The Morgan fingerprint density at radius 1 is 1.29 bits per heavy atom. The SMILES string of the molecule is CN=C(NCCCCc1nc(C)cs1)NC1CCN(C(=O)C2CCCCC2)C1. The van der Waals surface area contributed by atoms with Gasteiger partial charge in [0.15, 0.2) is 5.96 Å². The van der Waals surface area contributed by atoms with Crippen LogP contribution in [0.15, 0.2) is 10.4 Å². The molecule has 1 aliphatic carbocycles. The molecule has 1 amide bonds. The highest BCUT2D eigenvalue weighted by molar-refractivity contribution is 7.09. The summed E-state index contributed by atoms with van der Waals surface area (Å²) in [6.07, 6.45) is 10.2. The van der Waals surface area contributed by atoms with E-state index in [1.807, 2.05) is 14.0 Å². The van der Waals surface area contributed by atoms with E-state index >= 15 is 0 Å². The molecule has 1 atom stereocenters. The number of carbonyl (C=O) groups excluding carboxylic acids is 1. The first-order valence-electron chi connectivity index (χ1n) is 10.8. The van der Waals surface area contributed by atoms with Crippen LogP contribution in [0.2, 0.25) is 0 Å². The van der Waals surface area contributed by atoms with Gasteiger partial charge in [0.05, 0.1) is 5.01 Å². The van der Waals surface area contributed by atoms with E-state index in [2.05, 4.69) is 30.9 Å². The molecule has 7 heteroatoms. The van der Waals surface area contributed by atoms with Crippen molar-refractivity contribution in [3.63, 3.8) is 0 Å². The summed E-state index contributed by atoms with van der Waals surface area (Å²) in [5.74, 6) is 1.50. The minimum Gasteiger partial charge on any atom is -0.356 e. The van der Waals surface area contributed by atoms with Crippen LogP contribution >= 0.6 is 11.3 Å². The first-order chi connectivity index (χ1) is 13.7. The lowest BCUT2D eigenvalue weighted by atomic mass is 9.88. The molecule has 2 fully saturated rings. The lowest BCUT2D eigenvalue weighted by Crippen LogP contribution is -2.45. The van der Waals surface area contributed by atoms with Crippen molar-refractivity contribution in [3.05, 3.63) is 16.1 Å². The van der Waals surface area contributed by atoms with Crippen LogP contribution in [0.5, 0.6) is 0 Å². The van der Waals surface area contributed by atoms with E-state index in [9.17, 15) is 4.79 Å². The maximum atomic E-state index is 12.7. The minimum absolute atomic E-state index is 0.270. The third kappa shape index (κ3) is 6.19. The molecular weight excluding hydrogens is 370 g/mol. The second kappa shape index (κ2) is 10.8. The number of unbranched alkanes of at least 4 members (excludes halogenated alkanes) is 1. The number of hydrogen-bond donors (Lipinski definition) is 2. The first-order valence-corrected chi connectivity index (χ1v) is 11.7. The highest BCUT2D eigenvalue weighted by Crippen LogP contribution is 2.26. The van der Waals surface area contributed by atoms with Gasteiger partial charge in [0.1, 0.15) is 0 Å². The van der Waals surface area contributed by atoms with Gasteiger partial charge in [-0.25, -0.2) is 4.98 Å². The Balaban J connectivity index is 1.32. The summed E-state index contributed by atoms with van der Waals surface area (Å²) in [7, 11) is 1.81. The molecule has 2 N–H and O–H groups in total. The van der Waals surface area contributed by atoms with Gasteiger partial charge in [0.25, 0.3) is 0 Å². The maximum absolute atomic E-state index is 12.7. The normalized spacial score (nSPS) is 21.1. The van der Waals surface area contributed by atoms with Crippen LogP contribution in [0, 0.1) is 12.8 Å². The Bertz CT molecular complexity index is 653. The Kier molecular flexibility index (Phi) is 8.13. The first kappa shape index (κ1) is 21.1. The zero-order chi connectivity index (χ0) is 19.8. The number of guanidine groups is 1. The molecule has 28 heavy (non-hydrogen) atoms. The molecule has 3 rings (SSSR count). The zero-order valence-corrected chi connectivity index (χ0v) is 18.2. The highest BCUT2D eigenvalue weighted by atomic mass is 32.1. The number of aliphatic imine (C=N–C) groups is 1. The average Bonchev–Trinajstić information content (AvgIpc) is 3.36. The van der Waals surface area contributed by atoms with Gasteiger partial charge < -0.3 is 15.5 Å². The summed E-state index contributed by atoms with van der Waals surface area (Å²) >= 11 is 1.75. The summed E-state index contributed by atoms with van der Waals surface area (Å²) in [6, 6.07) is 0.303. The lowest BCUT2D eigenvalue weighted by Gasteiger charge is -2.26. The molecule has 1 unspecified atom stereocenters. The fraction of sp³-hybridized carbons (Fsp3) is 0.762. The molecule has 1 aromatic heterocycles. The number of aromatic nitrogens is 1. The maximum Gasteiger partial charge on any atom is 0.225 e. The van der Waals surface area contributed by atoms with E-state index < -0.39 is 0 Å². The summed E-state index contributed by atoms with van der Waals surface area (Å²) < 4.78 is 0. The summed E-state index contributed by atoms with van der Waals surface area (Å²) in [4.78, 5) is 23.6. The fourth-order valence-electron chi connectivity index (χ4n) is 4.20. The topological polar surface area (TPSA) is 69.6 Å². The molecule has 1 aliphatic heterocycles. The van der Waals surface area contributed by atoms with Gasteiger partial charge in [0, 0.05) is 49.7 Å². The van der Waals surface area contributed by atoms with Crippen LogP contribution in [0.4, 0.5) is 0 Å². The Labute approximate surface area is 173 Å². The van der Waals surface area contributed by atoms with Crippen LogP contribution in [0.3, 0.4) is 0 Å². The number of aryl methyl sites for hydroxylation is 2. The van der Waals surface area contributed by atoms with Gasteiger partial charge in [0.2, 0.25) is 5.91 Å². The van der Waals surface area contributed by atoms with E-state index in [4.69, 9.17) is 0 Å². The van der Waals surface area contributed by atoms with Crippen LogP contribution < -0.4 is 10.6 Å². The summed E-state index contributed by atoms with van der Waals surface area (Å²) in [6.45, 7) is 4.63. The van der Waals surface area contributed by atoms with Gasteiger partial charge in [-0.05, 0) is 45.4 Å². The van der Waals surface area contributed by atoms with Crippen LogP contribution in [0.25, 0.3) is 0 Å². The van der Waals surface area contributed by atoms with Crippen LogP contribution in [-0.2, 0) is 11.2 Å². The number of thiazole rings is 1. The second-order valence-electron chi connectivity index (χ2n) is 8.09. The number of likely N-dealkylation sites (tertiary alicyclic amines) is 1. The number of nitrogens with zero attached hydrogens (tertiary/aromatic N) is 3. The Morgan fingerprint density at radius 3 is 2.82 bits per heavy atom. The van der Waals surface area contributed by atoms with Crippen molar-refractivity contribution in [1.82, 2.24) is 20.5 Å².